The highest BCUT2D eigenvalue weighted by atomic mass is 19.1. The number of halogens is 1. The molecule has 1 aromatic carbocycles. The van der Waals surface area contributed by atoms with Gasteiger partial charge in [0.2, 0.25) is 0 Å². The maximum Gasteiger partial charge on any atom is 0.164 e. The number of nitrogens with zero attached hydrogens (tertiary/aromatic N) is 1. The van der Waals surface area contributed by atoms with Gasteiger partial charge in [0.15, 0.2) is 11.5 Å². The number of piperidine rings is 1. The van der Waals surface area contributed by atoms with Gasteiger partial charge in [-0.25, -0.2) is 4.39 Å². The smallest absolute Gasteiger partial charge is 0.164 e. The van der Waals surface area contributed by atoms with Gasteiger partial charge < -0.3 is 9.47 Å². The quantitative estimate of drug-likeness (QED) is 0.806. The maximum absolute atomic E-state index is 14.0. The van der Waals surface area contributed by atoms with Gasteiger partial charge in [-0.2, -0.15) is 0 Å². The molecule has 1 fully saturated rings. The average Bonchev–Trinajstić information content (AvgIpc) is 2.41. The van der Waals surface area contributed by atoms with Crippen LogP contribution in [0.2, 0.25) is 0 Å². The molecule has 18 heavy (non-hydrogen) atoms. The summed E-state index contributed by atoms with van der Waals surface area (Å²) >= 11 is 0. The lowest BCUT2D eigenvalue weighted by atomic mass is 10.1. The molecule has 0 spiro atoms. The lowest BCUT2D eigenvalue weighted by molar-refractivity contribution is 0.169. The average molecular weight is 251 g/mol. The fourth-order valence-corrected chi connectivity index (χ4v) is 2.59. The minimum absolute atomic E-state index is 0.190. The summed E-state index contributed by atoms with van der Waals surface area (Å²) < 4.78 is 24.8. The Bertz CT molecular complexity index is 430. The van der Waals surface area contributed by atoms with Crippen LogP contribution in [0.25, 0.3) is 0 Å². The molecule has 0 amide bonds. The van der Waals surface area contributed by atoms with Crippen molar-refractivity contribution in [2.45, 2.75) is 25.8 Å². The van der Waals surface area contributed by atoms with Crippen LogP contribution in [0, 0.1) is 5.82 Å². The minimum Gasteiger partial charge on any atom is -0.486 e. The van der Waals surface area contributed by atoms with Gasteiger partial charge in [0.05, 0.1) is 0 Å². The molecule has 2 aliphatic rings. The predicted molar refractivity (Wildman–Crippen MR) is 66.5 cm³/mol. The van der Waals surface area contributed by atoms with E-state index in [0.717, 1.165) is 13.1 Å². The van der Waals surface area contributed by atoms with E-state index in [-0.39, 0.29) is 5.82 Å². The number of hydrogen-bond donors (Lipinski definition) is 0. The first kappa shape index (κ1) is 11.8. The van der Waals surface area contributed by atoms with Crippen molar-refractivity contribution in [2.75, 3.05) is 26.3 Å². The van der Waals surface area contributed by atoms with Crippen molar-refractivity contribution in [3.8, 4) is 11.5 Å². The van der Waals surface area contributed by atoms with Crippen molar-refractivity contribution in [1.82, 2.24) is 4.90 Å². The molecule has 3 rings (SSSR count). The summed E-state index contributed by atoms with van der Waals surface area (Å²) in [5.41, 5.74) is 0.709. The molecular weight excluding hydrogens is 233 g/mol. The topological polar surface area (TPSA) is 21.7 Å². The van der Waals surface area contributed by atoms with Gasteiger partial charge in [0, 0.05) is 18.2 Å². The molecule has 2 heterocycles. The molecule has 0 N–H and O–H groups in total. The Labute approximate surface area is 106 Å². The van der Waals surface area contributed by atoms with E-state index in [9.17, 15) is 4.39 Å². The first-order valence-electron chi connectivity index (χ1n) is 6.63. The minimum atomic E-state index is -0.190. The summed E-state index contributed by atoms with van der Waals surface area (Å²) in [6.07, 6.45) is 3.72. The van der Waals surface area contributed by atoms with E-state index in [2.05, 4.69) is 4.90 Å². The highest BCUT2D eigenvalue weighted by molar-refractivity contribution is 5.44. The van der Waals surface area contributed by atoms with Crippen LogP contribution in [0.15, 0.2) is 12.1 Å². The van der Waals surface area contributed by atoms with Crippen molar-refractivity contribution in [3.05, 3.63) is 23.5 Å². The summed E-state index contributed by atoms with van der Waals surface area (Å²) in [6, 6.07) is 3.24. The molecule has 0 unspecified atom stereocenters. The zero-order chi connectivity index (χ0) is 12.4. The largest absolute Gasteiger partial charge is 0.486 e. The van der Waals surface area contributed by atoms with Crippen LogP contribution in [-0.2, 0) is 6.54 Å². The van der Waals surface area contributed by atoms with Gasteiger partial charge in [-0.05, 0) is 32.0 Å². The Hall–Kier alpha value is -1.29. The van der Waals surface area contributed by atoms with E-state index in [1.807, 2.05) is 0 Å². The van der Waals surface area contributed by atoms with Crippen LogP contribution in [0.5, 0.6) is 11.5 Å². The Morgan fingerprint density at radius 2 is 1.67 bits per heavy atom. The second kappa shape index (κ2) is 5.14. The molecule has 2 aliphatic heterocycles. The van der Waals surface area contributed by atoms with Gasteiger partial charge in [-0.3, -0.25) is 4.90 Å². The van der Waals surface area contributed by atoms with Gasteiger partial charge in [0.1, 0.15) is 19.0 Å². The van der Waals surface area contributed by atoms with Crippen LogP contribution >= 0.6 is 0 Å². The molecule has 98 valence electrons. The number of fused-ring (bicyclic) bond motifs is 1. The van der Waals surface area contributed by atoms with Crippen LogP contribution < -0.4 is 9.47 Å². The van der Waals surface area contributed by atoms with Crippen LogP contribution in [0.4, 0.5) is 4.39 Å². The lowest BCUT2D eigenvalue weighted by Gasteiger charge is -2.27. The number of benzene rings is 1. The molecule has 3 nitrogen and oxygen atoms in total. The third-order valence-electron chi connectivity index (χ3n) is 3.55. The van der Waals surface area contributed by atoms with Crippen molar-refractivity contribution in [3.63, 3.8) is 0 Å². The second-order valence-corrected chi connectivity index (χ2v) is 4.92. The standard InChI is InChI=1S/C14H18FNO2/c15-12-9-14-13(17-6-7-18-14)8-11(12)10-16-4-2-1-3-5-16/h8-9H,1-7,10H2. The molecule has 0 bridgehead atoms. The number of likely N-dealkylation sites (tertiary alicyclic amines) is 1. The number of ether oxygens (including phenoxy) is 2. The predicted octanol–water partition coefficient (Wildman–Crippen LogP) is 2.58. The zero-order valence-electron chi connectivity index (χ0n) is 10.5. The molecule has 0 aromatic heterocycles. The van der Waals surface area contributed by atoms with Gasteiger partial charge in [-0.15, -0.1) is 0 Å². The summed E-state index contributed by atoms with van der Waals surface area (Å²) in [5, 5.41) is 0. The number of rotatable bonds is 2. The van der Waals surface area contributed by atoms with Crippen LogP contribution in [0.3, 0.4) is 0 Å². The van der Waals surface area contributed by atoms with E-state index >= 15 is 0 Å². The Balaban J connectivity index is 1.78. The van der Waals surface area contributed by atoms with Gasteiger partial charge in [0.25, 0.3) is 0 Å². The SMILES string of the molecule is Fc1cc2c(cc1CN1CCCCC1)OCCO2. The Kier molecular flexibility index (Phi) is 3.37. The summed E-state index contributed by atoms with van der Waals surface area (Å²) in [7, 11) is 0. The molecule has 0 aliphatic carbocycles. The van der Waals surface area contributed by atoms with Crippen molar-refractivity contribution >= 4 is 0 Å². The summed E-state index contributed by atoms with van der Waals surface area (Å²) in [4.78, 5) is 2.30. The highest BCUT2D eigenvalue weighted by Gasteiger charge is 2.18. The highest BCUT2D eigenvalue weighted by Crippen LogP contribution is 2.33. The van der Waals surface area contributed by atoms with E-state index in [1.54, 1.807) is 6.07 Å². The van der Waals surface area contributed by atoms with Crippen molar-refractivity contribution < 1.29 is 13.9 Å². The first-order chi connectivity index (χ1) is 8.83. The lowest BCUT2D eigenvalue weighted by Crippen LogP contribution is -2.29. The zero-order valence-corrected chi connectivity index (χ0v) is 10.5. The van der Waals surface area contributed by atoms with Gasteiger partial charge in [-0.1, -0.05) is 6.42 Å². The van der Waals surface area contributed by atoms with E-state index in [4.69, 9.17) is 9.47 Å². The molecule has 1 saturated heterocycles. The molecule has 0 saturated carbocycles. The third kappa shape index (κ3) is 2.43. The number of hydrogen-bond acceptors (Lipinski definition) is 3. The second-order valence-electron chi connectivity index (χ2n) is 4.92. The monoisotopic (exact) mass is 251 g/mol. The van der Waals surface area contributed by atoms with E-state index in [0.29, 0.717) is 36.8 Å². The van der Waals surface area contributed by atoms with Crippen LogP contribution in [0.1, 0.15) is 24.8 Å². The molecule has 0 radical (unpaired) electrons. The molecule has 0 atom stereocenters. The van der Waals surface area contributed by atoms with Crippen molar-refractivity contribution in [2.24, 2.45) is 0 Å². The normalized spacial score (nSPS) is 19.8. The maximum atomic E-state index is 14.0. The van der Waals surface area contributed by atoms with E-state index < -0.39 is 0 Å². The third-order valence-corrected chi connectivity index (χ3v) is 3.55. The molecule has 1 aromatic rings. The first-order valence-corrected chi connectivity index (χ1v) is 6.63. The Morgan fingerprint density at radius 3 is 2.39 bits per heavy atom. The summed E-state index contributed by atoms with van der Waals surface area (Å²) in [5.74, 6) is 1.01. The fourth-order valence-electron chi connectivity index (χ4n) is 2.59. The Morgan fingerprint density at radius 1 is 1.00 bits per heavy atom. The van der Waals surface area contributed by atoms with Gasteiger partial charge >= 0.3 is 0 Å². The van der Waals surface area contributed by atoms with Crippen molar-refractivity contribution in [1.29, 1.82) is 0 Å². The molecule has 4 heteroatoms. The summed E-state index contributed by atoms with van der Waals surface area (Å²) in [6.45, 7) is 3.84. The molecular formula is C14H18FNO2. The van der Waals surface area contributed by atoms with Crippen LogP contribution in [-0.4, -0.2) is 31.2 Å². The van der Waals surface area contributed by atoms with E-state index in [1.165, 1.54) is 25.3 Å². The fraction of sp³-hybridized carbons (Fsp3) is 0.571.